The summed E-state index contributed by atoms with van der Waals surface area (Å²) in [4.78, 5) is 12.5. The lowest BCUT2D eigenvalue weighted by Crippen LogP contribution is -2.34. The van der Waals surface area contributed by atoms with E-state index in [0.717, 1.165) is 11.4 Å². The second-order valence-electron chi connectivity index (χ2n) is 6.03. The normalized spacial score (nSPS) is 15.6. The summed E-state index contributed by atoms with van der Waals surface area (Å²) >= 11 is 0. The quantitative estimate of drug-likeness (QED) is 0.943. The van der Waals surface area contributed by atoms with E-state index in [1.54, 1.807) is 16.8 Å². The lowest BCUT2D eigenvalue weighted by molar-refractivity contribution is 0.0934. The average molecular weight is 301 g/mol. The van der Waals surface area contributed by atoms with Crippen molar-refractivity contribution in [1.82, 2.24) is 15.1 Å². The number of nitrogens with one attached hydrogen (secondary N) is 1. The van der Waals surface area contributed by atoms with Crippen LogP contribution < -0.4 is 5.32 Å². The van der Waals surface area contributed by atoms with Crippen molar-refractivity contribution >= 4 is 5.91 Å². The third-order valence-electron chi connectivity index (χ3n) is 4.28. The molecule has 1 atom stereocenters. The Balaban J connectivity index is 1.89. The second-order valence-corrected chi connectivity index (χ2v) is 6.03. The molecule has 1 heterocycles. The zero-order valence-corrected chi connectivity index (χ0v) is 13.1. The van der Waals surface area contributed by atoms with Gasteiger partial charge in [0.1, 0.15) is 5.82 Å². The van der Waals surface area contributed by atoms with Crippen molar-refractivity contribution in [3.8, 4) is 5.69 Å². The number of carbonyl (C=O) groups excluding carboxylic acids is 1. The van der Waals surface area contributed by atoms with Gasteiger partial charge in [0.2, 0.25) is 0 Å². The minimum Gasteiger partial charge on any atom is -0.349 e. The van der Waals surface area contributed by atoms with E-state index in [9.17, 15) is 9.18 Å². The van der Waals surface area contributed by atoms with Crippen molar-refractivity contribution in [2.24, 2.45) is 5.92 Å². The molecule has 2 aromatic rings. The molecule has 1 amide bonds. The summed E-state index contributed by atoms with van der Waals surface area (Å²) in [5.41, 5.74) is 2.81. The highest BCUT2D eigenvalue weighted by atomic mass is 19.1. The van der Waals surface area contributed by atoms with E-state index in [1.165, 1.54) is 25.0 Å². The van der Waals surface area contributed by atoms with Crippen LogP contribution in [0.3, 0.4) is 0 Å². The second kappa shape index (κ2) is 5.55. The molecule has 0 aliphatic heterocycles. The van der Waals surface area contributed by atoms with E-state index in [4.69, 9.17) is 0 Å². The van der Waals surface area contributed by atoms with Gasteiger partial charge in [-0.3, -0.25) is 4.79 Å². The lowest BCUT2D eigenvalue weighted by atomic mass is 10.1. The van der Waals surface area contributed by atoms with Crippen LogP contribution in [-0.4, -0.2) is 21.7 Å². The van der Waals surface area contributed by atoms with Crippen LogP contribution in [0.25, 0.3) is 5.69 Å². The van der Waals surface area contributed by atoms with Gasteiger partial charge in [0.25, 0.3) is 5.91 Å². The van der Waals surface area contributed by atoms with E-state index in [-0.39, 0.29) is 17.8 Å². The smallest absolute Gasteiger partial charge is 0.255 e. The molecule has 0 saturated heterocycles. The number of hydrogen-bond donors (Lipinski definition) is 1. The van der Waals surface area contributed by atoms with Crippen molar-refractivity contribution in [1.29, 1.82) is 0 Å². The minimum atomic E-state index is -0.290. The molecule has 1 N–H and O–H groups in total. The molecule has 4 nitrogen and oxygen atoms in total. The first-order chi connectivity index (χ1) is 10.5. The van der Waals surface area contributed by atoms with Crippen molar-refractivity contribution < 1.29 is 9.18 Å². The van der Waals surface area contributed by atoms with Crippen molar-refractivity contribution in [3.05, 3.63) is 47.0 Å². The number of rotatable bonds is 4. The Bertz CT molecular complexity index is 701. The van der Waals surface area contributed by atoms with E-state index < -0.39 is 0 Å². The van der Waals surface area contributed by atoms with Crippen molar-refractivity contribution in [2.45, 2.75) is 39.7 Å². The van der Waals surface area contributed by atoms with Gasteiger partial charge in [0, 0.05) is 6.04 Å². The SMILES string of the molecule is Cc1nn(-c2ccc(F)cc2)c(C)c1C(=O)NC(C)C1CC1. The summed E-state index contributed by atoms with van der Waals surface area (Å²) < 4.78 is 14.7. The maximum absolute atomic E-state index is 13.0. The number of benzene rings is 1. The molecule has 1 aliphatic carbocycles. The van der Waals surface area contributed by atoms with Crippen molar-refractivity contribution in [2.75, 3.05) is 0 Å². The molecular weight excluding hydrogens is 281 g/mol. The average Bonchev–Trinajstić information content (AvgIpc) is 3.26. The van der Waals surface area contributed by atoms with E-state index in [0.29, 0.717) is 17.2 Å². The van der Waals surface area contributed by atoms with Gasteiger partial charge in [-0.2, -0.15) is 5.10 Å². The molecule has 0 bridgehead atoms. The first-order valence-corrected chi connectivity index (χ1v) is 7.60. The number of carbonyl (C=O) groups is 1. The number of amides is 1. The van der Waals surface area contributed by atoms with Crippen LogP contribution in [0.15, 0.2) is 24.3 Å². The van der Waals surface area contributed by atoms with Crippen LogP contribution in [0.5, 0.6) is 0 Å². The highest BCUT2D eigenvalue weighted by Crippen LogP contribution is 2.32. The molecule has 1 unspecified atom stereocenters. The third-order valence-corrected chi connectivity index (χ3v) is 4.28. The number of aromatic nitrogens is 2. The fraction of sp³-hybridized carbons (Fsp3) is 0.412. The Morgan fingerprint density at radius 3 is 2.55 bits per heavy atom. The Hall–Kier alpha value is -2.17. The zero-order chi connectivity index (χ0) is 15.9. The highest BCUT2D eigenvalue weighted by molar-refractivity contribution is 5.96. The summed E-state index contributed by atoms with van der Waals surface area (Å²) in [5.74, 6) is 0.237. The Morgan fingerprint density at radius 1 is 1.32 bits per heavy atom. The molecule has 5 heteroatoms. The van der Waals surface area contributed by atoms with Crippen LogP contribution in [0.4, 0.5) is 4.39 Å². The summed E-state index contributed by atoms with van der Waals surface area (Å²) in [6, 6.07) is 6.29. The van der Waals surface area contributed by atoms with Gasteiger partial charge in [-0.25, -0.2) is 9.07 Å². The van der Waals surface area contributed by atoms with Gasteiger partial charge >= 0.3 is 0 Å². The predicted octanol–water partition coefficient (Wildman–Crippen LogP) is 3.16. The number of aryl methyl sites for hydroxylation is 1. The standard InChI is InChI=1S/C17H20FN3O/c1-10(13-4-5-13)19-17(22)16-11(2)20-21(12(16)3)15-8-6-14(18)7-9-15/h6-10,13H,4-5H2,1-3H3,(H,19,22). The molecule has 1 aliphatic rings. The lowest BCUT2D eigenvalue weighted by Gasteiger charge is -2.13. The fourth-order valence-electron chi connectivity index (χ4n) is 2.80. The van der Waals surface area contributed by atoms with Crippen molar-refractivity contribution in [3.63, 3.8) is 0 Å². The molecule has 3 rings (SSSR count). The number of nitrogens with zero attached hydrogens (tertiary/aromatic N) is 2. The van der Waals surface area contributed by atoms with E-state index in [2.05, 4.69) is 10.4 Å². The van der Waals surface area contributed by atoms with Gasteiger partial charge < -0.3 is 5.32 Å². The molecular formula is C17H20FN3O. The topological polar surface area (TPSA) is 46.9 Å². The summed E-state index contributed by atoms with van der Waals surface area (Å²) in [7, 11) is 0. The summed E-state index contributed by atoms with van der Waals surface area (Å²) in [6.07, 6.45) is 2.38. The molecule has 1 aromatic carbocycles. The van der Waals surface area contributed by atoms with Crippen LogP contribution >= 0.6 is 0 Å². The predicted molar refractivity (Wildman–Crippen MR) is 82.6 cm³/mol. The zero-order valence-electron chi connectivity index (χ0n) is 13.1. The molecule has 1 fully saturated rings. The first kappa shape index (κ1) is 14.8. The van der Waals surface area contributed by atoms with Gasteiger partial charge in [-0.15, -0.1) is 0 Å². The number of hydrogen-bond acceptors (Lipinski definition) is 2. The molecule has 0 radical (unpaired) electrons. The maximum Gasteiger partial charge on any atom is 0.255 e. The van der Waals surface area contributed by atoms with Gasteiger partial charge in [0.05, 0.1) is 22.6 Å². The molecule has 0 spiro atoms. The number of halogens is 1. The molecule has 22 heavy (non-hydrogen) atoms. The summed E-state index contributed by atoms with van der Waals surface area (Å²) in [5, 5.41) is 7.49. The Kier molecular flexibility index (Phi) is 3.72. The maximum atomic E-state index is 13.0. The fourth-order valence-corrected chi connectivity index (χ4v) is 2.80. The van der Waals surface area contributed by atoms with E-state index in [1.807, 2.05) is 20.8 Å². The largest absolute Gasteiger partial charge is 0.349 e. The molecule has 1 saturated carbocycles. The minimum absolute atomic E-state index is 0.0808. The van der Waals surface area contributed by atoms with Gasteiger partial charge in [-0.05, 0) is 63.8 Å². The van der Waals surface area contributed by atoms with Crippen LogP contribution in [0.2, 0.25) is 0 Å². The molecule has 116 valence electrons. The first-order valence-electron chi connectivity index (χ1n) is 7.60. The van der Waals surface area contributed by atoms with Crippen LogP contribution in [-0.2, 0) is 0 Å². The molecule has 1 aromatic heterocycles. The van der Waals surface area contributed by atoms with Crippen LogP contribution in [0, 0.1) is 25.6 Å². The Labute approximate surface area is 129 Å². The Morgan fingerprint density at radius 2 is 1.95 bits per heavy atom. The van der Waals surface area contributed by atoms with Gasteiger partial charge in [-0.1, -0.05) is 0 Å². The highest BCUT2D eigenvalue weighted by Gasteiger charge is 2.30. The van der Waals surface area contributed by atoms with E-state index >= 15 is 0 Å². The van der Waals surface area contributed by atoms with Gasteiger partial charge in [0.15, 0.2) is 0 Å². The third kappa shape index (κ3) is 2.75. The van der Waals surface area contributed by atoms with Crippen LogP contribution in [0.1, 0.15) is 41.5 Å². The monoisotopic (exact) mass is 301 g/mol. The summed E-state index contributed by atoms with van der Waals surface area (Å²) in [6.45, 7) is 5.73.